The highest BCUT2D eigenvalue weighted by Crippen LogP contribution is 2.04. The molecule has 0 radical (unpaired) electrons. The van der Waals surface area contributed by atoms with Gasteiger partial charge in [-0.1, -0.05) is 25.5 Å². The minimum Gasteiger partial charge on any atom is -0.352 e. The third kappa shape index (κ3) is 4.97. The highest BCUT2D eigenvalue weighted by atomic mass is 16.1. The lowest BCUT2D eigenvalue weighted by Crippen LogP contribution is -2.27. The second-order valence-electron chi connectivity index (χ2n) is 3.91. The number of carbonyl (C=O) groups excluding carboxylic acids is 1. The average Bonchev–Trinajstić information content (AvgIpc) is 2.37. The first-order valence-corrected chi connectivity index (χ1v) is 6.04. The van der Waals surface area contributed by atoms with Crippen molar-refractivity contribution in [3.8, 4) is 0 Å². The van der Waals surface area contributed by atoms with E-state index in [2.05, 4.69) is 23.1 Å². The summed E-state index contributed by atoms with van der Waals surface area (Å²) in [5, 5.41) is 2.90. The number of rotatable bonds is 7. The molecule has 0 aliphatic heterocycles. The van der Waals surface area contributed by atoms with Crippen LogP contribution in [0.5, 0.6) is 0 Å². The fraction of sp³-hybridized carbons (Fsp3) is 0.462. The van der Waals surface area contributed by atoms with Gasteiger partial charge in [-0.2, -0.15) is 0 Å². The Labute approximate surface area is 103 Å². The predicted octanol–water partition coefficient (Wildman–Crippen LogP) is 1.44. The number of hydrogen-bond acceptors (Lipinski definition) is 3. The monoisotopic (exact) mass is 235 g/mol. The summed E-state index contributed by atoms with van der Waals surface area (Å²) in [5.74, 6) is 0.00609. The molecular weight excluding hydrogens is 214 g/mol. The Morgan fingerprint density at radius 3 is 2.53 bits per heavy atom. The van der Waals surface area contributed by atoms with Crippen LogP contribution in [0.3, 0.4) is 0 Å². The minimum absolute atomic E-state index is 0.00609. The van der Waals surface area contributed by atoms with Gasteiger partial charge in [-0.25, -0.2) is 0 Å². The summed E-state index contributed by atoms with van der Waals surface area (Å²) in [7, 11) is 1.83. The van der Waals surface area contributed by atoms with E-state index < -0.39 is 0 Å². The molecule has 1 rings (SSSR count). The van der Waals surface area contributed by atoms with Gasteiger partial charge in [0.15, 0.2) is 0 Å². The molecular formula is C13H21N3O. The van der Waals surface area contributed by atoms with Crippen LogP contribution in [0.25, 0.3) is 0 Å². The third-order valence-corrected chi connectivity index (χ3v) is 2.50. The molecule has 4 nitrogen and oxygen atoms in total. The Kier molecular flexibility index (Phi) is 6.29. The van der Waals surface area contributed by atoms with Crippen molar-refractivity contribution in [2.75, 3.05) is 13.6 Å². The zero-order valence-electron chi connectivity index (χ0n) is 10.5. The van der Waals surface area contributed by atoms with Crippen molar-refractivity contribution >= 4 is 5.91 Å². The van der Waals surface area contributed by atoms with E-state index >= 15 is 0 Å². The number of hydrogen-bond donors (Lipinski definition) is 3. The van der Waals surface area contributed by atoms with Gasteiger partial charge in [-0.15, -0.1) is 0 Å². The van der Waals surface area contributed by atoms with Gasteiger partial charge in [0.05, 0.1) is 0 Å². The molecule has 0 atom stereocenters. The second kappa shape index (κ2) is 7.81. The molecule has 0 spiro atoms. The summed E-state index contributed by atoms with van der Waals surface area (Å²) in [6, 6.07) is 7.63. The fourth-order valence-corrected chi connectivity index (χ4v) is 1.45. The maximum atomic E-state index is 11.7. The molecule has 0 heterocycles. The van der Waals surface area contributed by atoms with Gasteiger partial charge in [0.2, 0.25) is 0 Å². The van der Waals surface area contributed by atoms with Crippen molar-refractivity contribution < 1.29 is 4.79 Å². The van der Waals surface area contributed by atoms with Gasteiger partial charge in [-0.3, -0.25) is 15.6 Å². The summed E-state index contributed by atoms with van der Waals surface area (Å²) in [4.78, 5) is 11.7. The predicted molar refractivity (Wildman–Crippen MR) is 69.6 cm³/mol. The molecule has 94 valence electrons. The Hall–Kier alpha value is -1.39. The van der Waals surface area contributed by atoms with E-state index in [0.29, 0.717) is 5.56 Å². The molecule has 3 N–H and O–H groups in total. The van der Waals surface area contributed by atoms with Crippen molar-refractivity contribution in [1.29, 1.82) is 0 Å². The van der Waals surface area contributed by atoms with Crippen molar-refractivity contribution in [1.82, 2.24) is 16.2 Å². The van der Waals surface area contributed by atoms with E-state index in [-0.39, 0.29) is 5.91 Å². The Morgan fingerprint density at radius 2 is 1.94 bits per heavy atom. The van der Waals surface area contributed by atoms with E-state index in [1.54, 1.807) is 0 Å². The average molecular weight is 235 g/mol. The standard InChI is InChI=1S/C13H21N3O/c1-3-4-9-15-13(17)12-7-5-11(6-8-12)10-16-14-2/h5-8,14,16H,3-4,9-10H2,1-2H3,(H,15,17). The van der Waals surface area contributed by atoms with Crippen LogP contribution in [0.15, 0.2) is 24.3 Å². The first-order valence-electron chi connectivity index (χ1n) is 6.04. The van der Waals surface area contributed by atoms with Gasteiger partial charge in [0.25, 0.3) is 5.91 Å². The summed E-state index contributed by atoms with van der Waals surface area (Å²) in [5.41, 5.74) is 7.72. The third-order valence-electron chi connectivity index (χ3n) is 2.50. The number of nitrogens with one attached hydrogen (secondary N) is 3. The number of carbonyl (C=O) groups is 1. The molecule has 0 saturated heterocycles. The van der Waals surface area contributed by atoms with E-state index in [1.807, 2.05) is 31.3 Å². The largest absolute Gasteiger partial charge is 0.352 e. The van der Waals surface area contributed by atoms with Crippen LogP contribution < -0.4 is 16.2 Å². The quantitative estimate of drug-likeness (QED) is 0.495. The zero-order chi connectivity index (χ0) is 12.5. The second-order valence-corrected chi connectivity index (χ2v) is 3.91. The molecule has 0 bridgehead atoms. The zero-order valence-corrected chi connectivity index (χ0v) is 10.5. The Morgan fingerprint density at radius 1 is 1.24 bits per heavy atom. The molecule has 0 aliphatic carbocycles. The lowest BCUT2D eigenvalue weighted by Gasteiger charge is -2.06. The molecule has 0 aromatic heterocycles. The number of amides is 1. The first-order chi connectivity index (χ1) is 8.27. The van der Waals surface area contributed by atoms with Gasteiger partial charge >= 0.3 is 0 Å². The van der Waals surface area contributed by atoms with E-state index in [9.17, 15) is 4.79 Å². The molecule has 4 heteroatoms. The smallest absolute Gasteiger partial charge is 0.251 e. The molecule has 0 saturated carbocycles. The van der Waals surface area contributed by atoms with Crippen molar-refractivity contribution in [2.24, 2.45) is 0 Å². The molecule has 0 fully saturated rings. The summed E-state index contributed by atoms with van der Waals surface area (Å²) in [6.07, 6.45) is 2.12. The molecule has 1 aromatic rings. The maximum Gasteiger partial charge on any atom is 0.251 e. The van der Waals surface area contributed by atoms with Crippen LogP contribution in [0, 0.1) is 0 Å². The molecule has 0 aliphatic rings. The van der Waals surface area contributed by atoms with Crippen molar-refractivity contribution in [2.45, 2.75) is 26.3 Å². The molecule has 0 unspecified atom stereocenters. The van der Waals surface area contributed by atoms with Gasteiger partial charge in [-0.05, 0) is 31.2 Å². The topological polar surface area (TPSA) is 53.2 Å². The van der Waals surface area contributed by atoms with Crippen LogP contribution in [0.4, 0.5) is 0 Å². The minimum atomic E-state index is 0.00609. The van der Waals surface area contributed by atoms with E-state index in [1.165, 1.54) is 0 Å². The van der Waals surface area contributed by atoms with Crippen LogP contribution in [-0.4, -0.2) is 19.5 Å². The van der Waals surface area contributed by atoms with Crippen molar-refractivity contribution in [3.63, 3.8) is 0 Å². The SMILES string of the molecule is CCCCNC(=O)c1ccc(CNNC)cc1. The molecule has 1 aromatic carbocycles. The lowest BCUT2D eigenvalue weighted by molar-refractivity contribution is 0.0953. The number of hydrazine groups is 1. The maximum absolute atomic E-state index is 11.7. The first kappa shape index (κ1) is 13.7. The van der Waals surface area contributed by atoms with E-state index in [0.717, 1.165) is 31.5 Å². The summed E-state index contributed by atoms with van der Waals surface area (Å²) < 4.78 is 0. The van der Waals surface area contributed by atoms with Crippen LogP contribution in [0.2, 0.25) is 0 Å². The normalized spacial score (nSPS) is 10.2. The van der Waals surface area contributed by atoms with Crippen LogP contribution in [-0.2, 0) is 6.54 Å². The van der Waals surface area contributed by atoms with Gasteiger partial charge < -0.3 is 5.32 Å². The Balaban J connectivity index is 2.46. The Bertz CT molecular complexity index is 335. The summed E-state index contributed by atoms with van der Waals surface area (Å²) in [6.45, 7) is 3.60. The highest BCUT2D eigenvalue weighted by molar-refractivity contribution is 5.94. The van der Waals surface area contributed by atoms with Gasteiger partial charge in [0, 0.05) is 18.7 Å². The number of unbranched alkanes of at least 4 members (excludes halogenated alkanes) is 1. The lowest BCUT2D eigenvalue weighted by atomic mass is 10.1. The summed E-state index contributed by atoms with van der Waals surface area (Å²) >= 11 is 0. The van der Waals surface area contributed by atoms with Crippen molar-refractivity contribution in [3.05, 3.63) is 35.4 Å². The van der Waals surface area contributed by atoms with E-state index in [4.69, 9.17) is 0 Å². The van der Waals surface area contributed by atoms with Gasteiger partial charge in [0.1, 0.15) is 0 Å². The number of benzene rings is 1. The molecule has 17 heavy (non-hydrogen) atoms. The van der Waals surface area contributed by atoms with Crippen LogP contribution in [0.1, 0.15) is 35.7 Å². The molecule has 1 amide bonds. The highest BCUT2D eigenvalue weighted by Gasteiger charge is 2.03. The fourth-order valence-electron chi connectivity index (χ4n) is 1.45. The van der Waals surface area contributed by atoms with Crippen LogP contribution >= 0.6 is 0 Å².